The Balaban J connectivity index is 1.67. The number of hydrogen-bond acceptors (Lipinski definition) is 3. The Kier molecular flexibility index (Phi) is 3.96. The molecule has 1 aliphatic rings. The molecule has 1 saturated heterocycles. The van der Waals surface area contributed by atoms with Crippen LogP contribution in [-0.4, -0.2) is 24.1 Å². The number of amides is 3. The predicted octanol–water partition coefficient (Wildman–Crippen LogP) is 2.98. The van der Waals surface area contributed by atoms with E-state index in [2.05, 4.69) is 10.6 Å². The summed E-state index contributed by atoms with van der Waals surface area (Å²) in [4.78, 5) is 22.9. The number of rotatable bonds is 4. The van der Waals surface area contributed by atoms with Gasteiger partial charge in [-0.2, -0.15) is 0 Å². The minimum absolute atomic E-state index is 0.0604. The van der Waals surface area contributed by atoms with E-state index >= 15 is 0 Å². The molecule has 0 spiro atoms. The quantitative estimate of drug-likeness (QED) is 0.847. The lowest BCUT2D eigenvalue weighted by molar-refractivity contribution is -0.124. The van der Waals surface area contributed by atoms with Crippen molar-refractivity contribution in [2.24, 2.45) is 0 Å². The molecule has 1 heterocycles. The molecular weight excluding hydrogens is 316 g/mol. The third-order valence-corrected chi connectivity index (χ3v) is 3.93. The van der Waals surface area contributed by atoms with E-state index in [9.17, 15) is 9.59 Å². The number of nitrogens with one attached hydrogen (secondary N) is 2. The molecular formula is C17H15ClN2O3. The summed E-state index contributed by atoms with van der Waals surface area (Å²) >= 11 is 5.88. The van der Waals surface area contributed by atoms with Crippen molar-refractivity contribution in [1.29, 1.82) is 0 Å². The second kappa shape index (κ2) is 5.93. The molecule has 1 aliphatic heterocycles. The number of ether oxygens (including phenoxy) is 1. The minimum atomic E-state index is -1.05. The Hall–Kier alpha value is -2.53. The molecule has 3 amide bonds. The van der Waals surface area contributed by atoms with Crippen molar-refractivity contribution in [2.75, 3.05) is 6.61 Å². The molecule has 23 heavy (non-hydrogen) atoms. The van der Waals surface area contributed by atoms with Crippen LogP contribution in [0.4, 0.5) is 4.79 Å². The van der Waals surface area contributed by atoms with Crippen LogP contribution < -0.4 is 15.4 Å². The van der Waals surface area contributed by atoms with E-state index in [-0.39, 0.29) is 12.5 Å². The standard InChI is InChI=1S/C17H15ClN2O3/c1-17(15(21)19-16(22)20-17)10-23-14-8-4-12(5-9-14)11-2-6-13(18)7-3-11/h2-9H,10H2,1H3,(H2,19,20,21,22). The van der Waals surface area contributed by atoms with E-state index in [0.29, 0.717) is 10.8 Å². The lowest BCUT2D eigenvalue weighted by atomic mass is 10.0. The van der Waals surface area contributed by atoms with Crippen molar-refractivity contribution in [1.82, 2.24) is 10.6 Å². The van der Waals surface area contributed by atoms with E-state index in [1.54, 1.807) is 6.92 Å². The zero-order valence-corrected chi connectivity index (χ0v) is 13.2. The Morgan fingerprint density at radius 3 is 2.09 bits per heavy atom. The van der Waals surface area contributed by atoms with Gasteiger partial charge in [-0.15, -0.1) is 0 Å². The first-order valence-electron chi connectivity index (χ1n) is 7.09. The molecule has 6 heteroatoms. The second-order valence-corrected chi connectivity index (χ2v) is 6.00. The summed E-state index contributed by atoms with van der Waals surface area (Å²) in [6.07, 6.45) is 0. The Bertz CT molecular complexity index is 743. The van der Waals surface area contributed by atoms with Crippen LogP contribution in [-0.2, 0) is 4.79 Å². The fourth-order valence-corrected chi connectivity index (χ4v) is 2.42. The highest BCUT2D eigenvalue weighted by Crippen LogP contribution is 2.24. The first-order chi connectivity index (χ1) is 11.0. The molecule has 0 bridgehead atoms. The molecule has 0 radical (unpaired) electrons. The molecule has 3 rings (SSSR count). The fourth-order valence-electron chi connectivity index (χ4n) is 2.29. The van der Waals surface area contributed by atoms with E-state index in [1.807, 2.05) is 48.5 Å². The van der Waals surface area contributed by atoms with Crippen molar-refractivity contribution in [2.45, 2.75) is 12.5 Å². The van der Waals surface area contributed by atoms with Gasteiger partial charge in [0.15, 0.2) is 5.54 Å². The van der Waals surface area contributed by atoms with E-state index < -0.39 is 11.6 Å². The van der Waals surface area contributed by atoms with Crippen LogP contribution in [0.25, 0.3) is 11.1 Å². The van der Waals surface area contributed by atoms with Gasteiger partial charge in [0.1, 0.15) is 12.4 Å². The topological polar surface area (TPSA) is 67.4 Å². The summed E-state index contributed by atoms with van der Waals surface area (Å²) < 4.78 is 5.62. The zero-order chi connectivity index (χ0) is 16.4. The largest absolute Gasteiger partial charge is 0.491 e. The normalized spacial score (nSPS) is 20.1. The van der Waals surface area contributed by atoms with Gasteiger partial charge in [-0.25, -0.2) is 4.79 Å². The first kappa shape index (κ1) is 15.4. The molecule has 1 fully saturated rings. The minimum Gasteiger partial charge on any atom is -0.491 e. The molecule has 118 valence electrons. The lowest BCUT2D eigenvalue weighted by Gasteiger charge is -2.20. The predicted molar refractivity (Wildman–Crippen MR) is 87.5 cm³/mol. The molecule has 2 aromatic carbocycles. The molecule has 1 unspecified atom stereocenters. The number of benzene rings is 2. The van der Waals surface area contributed by atoms with Crippen molar-refractivity contribution < 1.29 is 14.3 Å². The van der Waals surface area contributed by atoms with Crippen molar-refractivity contribution in [3.63, 3.8) is 0 Å². The number of carbonyl (C=O) groups excluding carboxylic acids is 2. The van der Waals surface area contributed by atoms with E-state index in [4.69, 9.17) is 16.3 Å². The number of halogens is 1. The Morgan fingerprint density at radius 2 is 1.57 bits per heavy atom. The zero-order valence-electron chi connectivity index (χ0n) is 12.4. The van der Waals surface area contributed by atoms with Gasteiger partial charge in [0.25, 0.3) is 5.91 Å². The van der Waals surface area contributed by atoms with Gasteiger partial charge < -0.3 is 10.1 Å². The summed E-state index contributed by atoms with van der Waals surface area (Å²) in [5.74, 6) is 0.234. The van der Waals surface area contributed by atoms with Gasteiger partial charge in [0.05, 0.1) is 0 Å². The highest BCUT2D eigenvalue weighted by atomic mass is 35.5. The van der Waals surface area contributed by atoms with Crippen LogP contribution in [0.15, 0.2) is 48.5 Å². The van der Waals surface area contributed by atoms with Crippen LogP contribution >= 0.6 is 11.6 Å². The monoisotopic (exact) mass is 330 g/mol. The van der Waals surface area contributed by atoms with Gasteiger partial charge in [0.2, 0.25) is 0 Å². The lowest BCUT2D eigenvalue weighted by Crippen LogP contribution is -2.48. The van der Waals surface area contributed by atoms with Gasteiger partial charge >= 0.3 is 6.03 Å². The molecule has 2 N–H and O–H groups in total. The summed E-state index contributed by atoms with van der Waals surface area (Å²) in [6.45, 7) is 1.68. The summed E-state index contributed by atoms with van der Waals surface area (Å²) in [6, 6.07) is 14.5. The van der Waals surface area contributed by atoms with Crippen molar-refractivity contribution >= 4 is 23.5 Å². The number of urea groups is 1. The van der Waals surface area contributed by atoms with Gasteiger partial charge in [0, 0.05) is 5.02 Å². The first-order valence-corrected chi connectivity index (χ1v) is 7.46. The molecule has 0 saturated carbocycles. The van der Waals surface area contributed by atoms with Crippen LogP contribution in [0.5, 0.6) is 5.75 Å². The molecule has 2 aromatic rings. The second-order valence-electron chi connectivity index (χ2n) is 5.56. The highest BCUT2D eigenvalue weighted by molar-refractivity contribution is 6.30. The average molecular weight is 331 g/mol. The number of imide groups is 1. The summed E-state index contributed by atoms with van der Waals surface area (Å²) in [7, 11) is 0. The SMILES string of the molecule is CC1(COc2ccc(-c3ccc(Cl)cc3)cc2)NC(=O)NC1=O. The molecule has 0 aliphatic carbocycles. The maximum absolute atomic E-state index is 11.7. The maximum atomic E-state index is 11.7. The highest BCUT2D eigenvalue weighted by Gasteiger charge is 2.42. The summed E-state index contributed by atoms with van der Waals surface area (Å²) in [5, 5.41) is 5.45. The smallest absolute Gasteiger partial charge is 0.322 e. The van der Waals surface area contributed by atoms with E-state index in [1.165, 1.54) is 0 Å². The average Bonchev–Trinajstić information content (AvgIpc) is 2.79. The number of hydrogen-bond donors (Lipinski definition) is 2. The van der Waals surface area contributed by atoms with Crippen LogP contribution in [0, 0.1) is 0 Å². The third-order valence-electron chi connectivity index (χ3n) is 3.68. The van der Waals surface area contributed by atoms with Crippen molar-refractivity contribution in [3.05, 3.63) is 53.6 Å². The van der Waals surface area contributed by atoms with Gasteiger partial charge in [-0.05, 0) is 42.3 Å². The summed E-state index contributed by atoms with van der Waals surface area (Å²) in [5.41, 5.74) is 1.04. The molecule has 5 nitrogen and oxygen atoms in total. The molecule has 0 aromatic heterocycles. The fraction of sp³-hybridized carbons (Fsp3) is 0.176. The maximum Gasteiger partial charge on any atom is 0.322 e. The van der Waals surface area contributed by atoms with E-state index in [0.717, 1.165) is 11.1 Å². The molecule has 1 atom stereocenters. The van der Waals surface area contributed by atoms with Crippen LogP contribution in [0.2, 0.25) is 5.02 Å². The van der Waals surface area contributed by atoms with Crippen LogP contribution in [0.1, 0.15) is 6.92 Å². The Morgan fingerprint density at radius 1 is 1.00 bits per heavy atom. The van der Waals surface area contributed by atoms with Gasteiger partial charge in [-0.1, -0.05) is 35.9 Å². The Labute approximate surface area is 138 Å². The number of carbonyl (C=O) groups is 2. The van der Waals surface area contributed by atoms with Gasteiger partial charge in [-0.3, -0.25) is 10.1 Å². The third kappa shape index (κ3) is 3.29. The van der Waals surface area contributed by atoms with Crippen molar-refractivity contribution in [3.8, 4) is 16.9 Å². The van der Waals surface area contributed by atoms with Crippen LogP contribution in [0.3, 0.4) is 0 Å².